The number of aliphatic hydroxyl groups is 1. The van der Waals surface area contributed by atoms with E-state index < -0.39 is 0 Å². The van der Waals surface area contributed by atoms with Gasteiger partial charge in [-0.1, -0.05) is 24.6 Å². The Balaban J connectivity index is 1.77. The summed E-state index contributed by atoms with van der Waals surface area (Å²) in [5, 5.41) is 12.4. The number of carbonyl (C=O) groups is 1. The van der Waals surface area contributed by atoms with Gasteiger partial charge in [0.15, 0.2) is 0 Å². The first kappa shape index (κ1) is 14.0. The molecule has 1 amide bonds. The number of aliphatic hydroxyl groups excluding tert-OH is 1. The van der Waals surface area contributed by atoms with E-state index in [9.17, 15) is 14.3 Å². The first-order valence-corrected chi connectivity index (χ1v) is 6.83. The summed E-state index contributed by atoms with van der Waals surface area (Å²) in [4.78, 5) is 11.7. The standard InChI is InChI=1S/C15H20FNO2/c16-14-7-2-1-5-12(14)9-15(19)17-10-11-4-3-6-13(18)8-11/h1-2,5,7,11,13,18H,3-4,6,8-10H2,(H,17,19). The lowest BCUT2D eigenvalue weighted by Gasteiger charge is -2.25. The topological polar surface area (TPSA) is 49.3 Å². The van der Waals surface area contributed by atoms with Crippen LogP contribution in [0.5, 0.6) is 0 Å². The Morgan fingerprint density at radius 2 is 2.16 bits per heavy atom. The second-order valence-electron chi connectivity index (χ2n) is 5.26. The van der Waals surface area contributed by atoms with Crippen molar-refractivity contribution in [2.45, 2.75) is 38.2 Å². The molecule has 104 valence electrons. The van der Waals surface area contributed by atoms with Gasteiger partial charge in [0.05, 0.1) is 12.5 Å². The van der Waals surface area contributed by atoms with Crippen molar-refractivity contribution < 1.29 is 14.3 Å². The van der Waals surface area contributed by atoms with Crippen LogP contribution in [0.25, 0.3) is 0 Å². The maximum Gasteiger partial charge on any atom is 0.224 e. The highest BCUT2D eigenvalue weighted by atomic mass is 19.1. The smallest absolute Gasteiger partial charge is 0.224 e. The number of benzene rings is 1. The maximum absolute atomic E-state index is 13.4. The van der Waals surface area contributed by atoms with Crippen LogP contribution < -0.4 is 5.32 Å². The summed E-state index contributed by atoms with van der Waals surface area (Å²) in [7, 11) is 0. The summed E-state index contributed by atoms with van der Waals surface area (Å²) in [6, 6.07) is 6.32. The maximum atomic E-state index is 13.4. The highest BCUT2D eigenvalue weighted by Gasteiger charge is 2.20. The van der Waals surface area contributed by atoms with Crippen molar-refractivity contribution in [3.05, 3.63) is 35.6 Å². The Morgan fingerprint density at radius 1 is 1.37 bits per heavy atom. The van der Waals surface area contributed by atoms with E-state index in [0.29, 0.717) is 18.0 Å². The predicted molar refractivity (Wildman–Crippen MR) is 71.1 cm³/mol. The summed E-state index contributed by atoms with van der Waals surface area (Å²) >= 11 is 0. The highest BCUT2D eigenvalue weighted by molar-refractivity contribution is 5.78. The first-order chi connectivity index (χ1) is 9.15. The third kappa shape index (κ3) is 4.31. The van der Waals surface area contributed by atoms with Crippen LogP contribution in [-0.4, -0.2) is 23.7 Å². The Morgan fingerprint density at radius 3 is 2.89 bits per heavy atom. The molecule has 1 aliphatic carbocycles. The van der Waals surface area contributed by atoms with Crippen molar-refractivity contribution in [2.75, 3.05) is 6.54 Å². The van der Waals surface area contributed by atoms with E-state index in [2.05, 4.69) is 5.32 Å². The van der Waals surface area contributed by atoms with Crippen LogP contribution in [0.3, 0.4) is 0 Å². The molecule has 1 aromatic carbocycles. The molecular formula is C15H20FNO2. The molecule has 2 unspecified atom stereocenters. The number of nitrogens with one attached hydrogen (secondary N) is 1. The van der Waals surface area contributed by atoms with Gasteiger partial charge in [-0.2, -0.15) is 0 Å². The van der Waals surface area contributed by atoms with Crippen LogP contribution in [0.4, 0.5) is 4.39 Å². The number of halogens is 1. The average molecular weight is 265 g/mol. The molecule has 19 heavy (non-hydrogen) atoms. The molecule has 0 radical (unpaired) electrons. The lowest BCUT2D eigenvalue weighted by molar-refractivity contribution is -0.120. The van der Waals surface area contributed by atoms with Crippen LogP contribution in [0.1, 0.15) is 31.2 Å². The van der Waals surface area contributed by atoms with Gasteiger partial charge in [0.25, 0.3) is 0 Å². The number of carbonyl (C=O) groups excluding carboxylic acids is 1. The fourth-order valence-electron chi connectivity index (χ4n) is 2.58. The molecule has 0 spiro atoms. The molecule has 2 rings (SSSR count). The van der Waals surface area contributed by atoms with Crippen LogP contribution in [0.15, 0.2) is 24.3 Å². The van der Waals surface area contributed by atoms with Crippen LogP contribution in [-0.2, 0) is 11.2 Å². The lowest BCUT2D eigenvalue weighted by Crippen LogP contribution is -2.33. The third-order valence-electron chi connectivity index (χ3n) is 3.65. The summed E-state index contributed by atoms with van der Waals surface area (Å²) in [5.74, 6) is -0.163. The molecule has 4 heteroatoms. The number of rotatable bonds is 4. The van der Waals surface area contributed by atoms with Gasteiger partial charge in [-0.05, 0) is 36.8 Å². The van der Waals surface area contributed by atoms with Gasteiger partial charge in [0, 0.05) is 6.54 Å². The molecule has 2 atom stereocenters. The molecule has 0 bridgehead atoms. The zero-order valence-corrected chi connectivity index (χ0v) is 10.9. The fourth-order valence-corrected chi connectivity index (χ4v) is 2.58. The number of amides is 1. The number of hydrogen-bond donors (Lipinski definition) is 2. The zero-order chi connectivity index (χ0) is 13.7. The Bertz CT molecular complexity index is 436. The summed E-state index contributed by atoms with van der Waals surface area (Å²) in [6.07, 6.45) is 3.50. The molecule has 0 aliphatic heterocycles. The van der Waals surface area contributed by atoms with Crippen LogP contribution in [0.2, 0.25) is 0 Å². The van der Waals surface area contributed by atoms with Gasteiger partial charge in [-0.25, -0.2) is 4.39 Å². The van der Waals surface area contributed by atoms with Crippen LogP contribution >= 0.6 is 0 Å². The molecule has 2 N–H and O–H groups in total. The van der Waals surface area contributed by atoms with Crippen molar-refractivity contribution in [2.24, 2.45) is 5.92 Å². The molecule has 0 heterocycles. The zero-order valence-electron chi connectivity index (χ0n) is 10.9. The minimum absolute atomic E-state index is 0.0714. The molecule has 1 fully saturated rings. The van der Waals surface area contributed by atoms with E-state index in [1.54, 1.807) is 18.2 Å². The van der Waals surface area contributed by atoms with Crippen molar-refractivity contribution in [3.63, 3.8) is 0 Å². The third-order valence-corrected chi connectivity index (χ3v) is 3.65. The summed E-state index contributed by atoms with van der Waals surface area (Å²) < 4.78 is 13.4. The molecule has 1 saturated carbocycles. The molecule has 0 saturated heterocycles. The summed E-state index contributed by atoms with van der Waals surface area (Å²) in [6.45, 7) is 0.574. The molecule has 3 nitrogen and oxygen atoms in total. The average Bonchev–Trinajstić information content (AvgIpc) is 2.39. The van der Waals surface area contributed by atoms with Gasteiger partial charge < -0.3 is 10.4 Å². The molecule has 1 aromatic rings. The van der Waals surface area contributed by atoms with Crippen molar-refractivity contribution in [1.82, 2.24) is 5.32 Å². The van der Waals surface area contributed by atoms with Crippen molar-refractivity contribution in [1.29, 1.82) is 0 Å². The van der Waals surface area contributed by atoms with Crippen molar-refractivity contribution >= 4 is 5.91 Å². The normalized spacial score (nSPS) is 23.1. The Labute approximate surface area is 112 Å². The van der Waals surface area contributed by atoms with E-state index >= 15 is 0 Å². The summed E-state index contributed by atoms with van der Waals surface area (Å²) in [5.41, 5.74) is 0.420. The van der Waals surface area contributed by atoms with Gasteiger partial charge in [0.2, 0.25) is 5.91 Å². The minimum atomic E-state index is -0.342. The van der Waals surface area contributed by atoms with E-state index in [-0.39, 0.29) is 24.2 Å². The van der Waals surface area contributed by atoms with Gasteiger partial charge in [-0.15, -0.1) is 0 Å². The van der Waals surface area contributed by atoms with Gasteiger partial charge >= 0.3 is 0 Å². The Kier molecular flexibility index (Phi) is 4.91. The highest BCUT2D eigenvalue weighted by Crippen LogP contribution is 2.23. The molecular weight excluding hydrogens is 245 g/mol. The molecule has 0 aromatic heterocycles. The van der Waals surface area contributed by atoms with E-state index in [1.807, 2.05) is 0 Å². The predicted octanol–water partition coefficient (Wildman–Crippen LogP) is 2.04. The second kappa shape index (κ2) is 6.66. The SMILES string of the molecule is O=C(Cc1ccccc1F)NCC1CCCC(O)C1. The fraction of sp³-hybridized carbons (Fsp3) is 0.533. The van der Waals surface area contributed by atoms with Crippen LogP contribution in [0, 0.1) is 11.7 Å². The van der Waals surface area contributed by atoms with E-state index in [1.165, 1.54) is 6.07 Å². The van der Waals surface area contributed by atoms with E-state index in [0.717, 1.165) is 25.7 Å². The van der Waals surface area contributed by atoms with Gasteiger partial charge in [-0.3, -0.25) is 4.79 Å². The number of hydrogen-bond acceptors (Lipinski definition) is 2. The quantitative estimate of drug-likeness (QED) is 0.875. The lowest BCUT2D eigenvalue weighted by atomic mass is 9.87. The first-order valence-electron chi connectivity index (χ1n) is 6.83. The monoisotopic (exact) mass is 265 g/mol. The molecule has 1 aliphatic rings. The van der Waals surface area contributed by atoms with E-state index in [4.69, 9.17) is 0 Å². The minimum Gasteiger partial charge on any atom is -0.393 e. The second-order valence-corrected chi connectivity index (χ2v) is 5.26. The Hall–Kier alpha value is -1.42. The van der Waals surface area contributed by atoms with Gasteiger partial charge in [0.1, 0.15) is 5.82 Å². The van der Waals surface area contributed by atoms with Crippen molar-refractivity contribution in [3.8, 4) is 0 Å². The largest absolute Gasteiger partial charge is 0.393 e.